The minimum absolute atomic E-state index is 0. The standard InChI is InChI=1S/C15H11ClO4S.Na.H/c16-13-5-3-12(4-6-13)2-1-11-20-14-7-9-15(10-8-14)21(17,18)19;;/h3-10H,11H2,(H,17,18,19);;. The third-order valence-corrected chi connectivity index (χ3v) is 3.63. The van der Waals surface area contributed by atoms with Crippen molar-refractivity contribution < 1.29 is 17.7 Å². The molecule has 0 aliphatic rings. The molecule has 0 aliphatic heterocycles. The molecule has 2 rings (SSSR count). The van der Waals surface area contributed by atoms with Gasteiger partial charge in [0, 0.05) is 10.6 Å². The van der Waals surface area contributed by atoms with E-state index in [0.29, 0.717) is 10.8 Å². The summed E-state index contributed by atoms with van der Waals surface area (Å²) >= 11 is 5.76. The van der Waals surface area contributed by atoms with Crippen LogP contribution in [0.25, 0.3) is 0 Å². The van der Waals surface area contributed by atoms with Crippen molar-refractivity contribution >= 4 is 51.3 Å². The molecule has 0 unspecified atom stereocenters. The van der Waals surface area contributed by atoms with E-state index in [0.717, 1.165) is 5.56 Å². The van der Waals surface area contributed by atoms with Gasteiger partial charge in [-0.05, 0) is 48.5 Å². The summed E-state index contributed by atoms with van der Waals surface area (Å²) in [5.74, 6) is 6.21. The van der Waals surface area contributed by atoms with Crippen molar-refractivity contribution in [3.63, 3.8) is 0 Å². The van der Waals surface area contributed by atoms with E-state index in [1.54, 1.807) is 24.3 Å². The minimum atomic E-state index is -4.18. The molecule has 2 aromatic rings. The zero-order chi connectivity index (χ0) is 15.3. The summed E-state index contributed by atoms with van der Waals surface area (Å²) in [7, 11) is -4.18. The van der Waals surface area contributed by atoms with Gasteiger partial charge in [0.1, 0.15) is 12.4 Å². The quantitative estimate of drug-likeness (QED) is 0.526. The Morgan fingerprint density at radius 2 is 1.64 bits per heavy atom. The van der Waals surface area contributed by atoms with Crippen LogP contribution in [0.15, 0.2) is 53.4 Å². The summed E-state index contributed by atoms with van der Waals surface area (Å²) in [5, 5.41) is 0.649. The molecule has 0 saturated carbocycles. The van der Waals surface area contributed by atoms with Crippen molar-refractivity contribution in [3.8, 4) is 17.6 Å². The second-order valence-corrected chi connectivity index (χ2v) is 5.90. The van der Waals surface area contributed by atoms with Crippen LogP contribution in [0, 0.1) is 11.8 Å². The maximum absolute atomic E-state index is 10.9. The summed E-state index contributed by atoms with van der Waals surface area (Å²) in [4.78, 5) is -0.179. The molecule has 0 aliphatic carbocycles. The first-order valence-corrected chi connectivity index (χ1v) is 7.72. The Bertz CT molecular complexity index is 775. The Hall–Kier alpha value is -1.000. The van der Waals surface area contributed by atoms with E-state index in [1.807, 2.05) is 0 Å². The maximum atomic E-state index is 10.9. The Morgan fingerprint density at radius 1 is 1.05 bits per heavy atom. The van der Waals surface area contributed by atoms with E-state index < -0.39 is 10.1 Å². The summed E-state index contributed by atoms with van der Waals surface area (Å²) in [6.45, 7) is 0.161. The van der Waals surface area contributed by atoms with Gasteiger partial charge >= 0.3 is 29.6 Å². The molecule has 0 amide bonds. The van der Waals surface area contributed by atoms with Gasteiger partial charge in [0.2, 0.25) is 0 Å². The van der Waals surface area contributed by atoms with E-state index in [4.69, 9.17) is 20.9 Å². The number of hydrogen-bond acceptors (Lipinski definition) is 3. The molecule has 0 fully saturated rings. The molecule has 4 nitrogen and oxygen atoms in total. The van der Waals surface area contributed by atoms with E-state index >= 15 is 0 Å². The fourth-order valence-corrected chi connectivity index (χ4v) is 2.10. The van der Waals surface area contributed by atoms with Gasteiger partial charge in [0.25, 0.3) is 10.1 Å². The summed E-state index contributed by atoms with van der Waals surface area (Å²) in [6.07, 6.45) is 0. The van der Waals surface area contributed by atoms with Crippen molar-refractivity contribution in [3.05, 3.63) is 59.1 Å². The van der Waals surface area contributed by atoms with Crippen LogP contribution in [0.1, 0.15) is 5.56 Å². The van der Waals surface area contributed by atoms with Crippen LogP contribution in [0.2, 0.25) is 5.02 Å². The van der Waals surface area contributed by atoms with Crippen LogP contribution in [0.3, 0.4) is 0 Å². The second kappa shape index (κ2) is 8.59. The van der Waals surface area contributed by atoms with Crippen molar-refractivity contribution in [2.45, 2.75) is 4.90 Å². The predicted octanol–water partition coefficient (Wildman–Crippen LogP) is 2.37. The van der Waals surface area contributed by atoms with Gasteiger partial charge in [-0.15, -0.1) is 0 Å². The van der Waals surface area contributed by atoms with E-state index in [9.17, 15) is 8.42 Å². The third kappa shape index (κ3) is 6.01. The van der Waals surface area contributed by atoms with Crippen LogP contribution >= 0.6 is 11.6 Å². The molecule has 7 heteroatoms. The first-order chi connectivity index (χ1) is 9.95. The predicted molar refractivity (Wildman–Crippen MR) is 87.2 cm³/mol. The molecule has 110 valence electrons. The molecule has 0 bridgehead atoms. The van der Waals surface area contributed by atoms with Crippen LogP contribution in [-0.2, 0) is 10.1 Å². The van der Waals surface area contributed by atoms with Gasteiger partial charge in [0.15, 0.2) is 0 Å². The Labute approximate surface area is 156 Å². The Kier molecular flexibility index (Phi) is 7.43. The Balaban J connectivity index is 0.00000242. The summed E-state index contributed by atoms with van der Waals surface area (Å²) in [5.41, 5.74) is 0.824. The average Bonchev–Trinajstić information content (AvgIpc) is 2.45. The normalized spacial score (nSPS) is 10.1. The molecule has 0 radical (unpaired) electrons. The van der Waals surface area contributed by atoms with Gasteiger partial charge < -0.3 is 4.74 Å². The van der Waals surface area contributed by atoms with Gasteiger partial charge in [-0.1, -0.05) is 23.4 Å². The van der Waals surface area contributed by atoms with Crippen molar-refractivity contribution in [2.75, 3.05) is 6.61 Å². The van der Waals surface area contributed by atoms with E-state index in [1.165, 1.54) is 24.3 Å². The zero-order valence-electron chi connectivity index (χ0n) is 10.8. The van der Waals surface area contributed by atoms with Gasteiger partial charge in [0.05, 0.1) is 4.90 Å². The fourth-order valence-electron chi connectivity index (χ4n) is 1.50. The van der Waals surface area contributed by atoms with Gasteiger partial charge in [-0.2, -0.15) is 8.42 Å². The number of halogens is 1. The van der Waals surface area contributed by atoms with E-state index in [-0.39, 0.29) is 41.1 Å². The Morgan fingerprint density at radius 3 is 2.18 bits per heavy atom. The number of hydrogen-bond donors (Lipinski definition) is 1. The average molecular weight is 347 g/mol. The number of benzene rings is 2. The van der Waals surface area contributed by atoms with Crippen molar-refractivity contribution in [2.24, 2.45) is 0 Å². The molecule has 0 spiro atoms. The number of rotatable bonds is 3. The van der Waals surface area contributed by atoms with Gasteiger partial charge in [-0.3, -0.25) is 4.55 Å². The van der Waals surface area contributed by atoms with Crippen LogP contribution in [-0.4, -0.2) is 49.1 Å². The molecule has 1 N–H and O–H groups in total. The fraction of sp³-hybridized carbons (Fsp3) is 0.0667. The zero-order valence-corrected chi connectivity index (χ0v) is 12.4. The molecular formula is C15H12ClNaO4S. The van der Waals surface area contributed by atoms with Crippen molar-refractivity contribution in [1.82, 2.24) is 0 Å². The molecule has 2 aromatic carbocycles. The third-order valence-electron chi connectivity index (χ3n) is 2.51. The first kappa shape index (κ1) is 19.0. The monoisotopic (exact) mass is 346 g/mol. The molecule has 0 atom stereocenters. The first-order valence-electron chi connectivity index (χ1n) is 5.90. The molecule has 22 heavy (non-hydrogen) atoms. The molecule has 0 saturated heterocycles. The van der Waals surface area contributed by atoms with Gasteiger partial charge in [-0.25, -0.2) is 0 Å². The summed E-state index contributed by atoms with van der Waals surface area (Å²) < 4.78 is 35.9. The molecule has 0 heterocycles. The molecule has 0 aromatic heterocycles. The van der Waals surface area contributed by atoms with Crippen LogP contribution in [0.5, 0.6) is 5.75 Å². The topological polar surface area (TPSA) is 63.6 Å². The van der Waals surface area contributed by atoms with Crippen molar-refractivity contribution in [1.29, 1.82) is 0 Å². The SMILES string of the molecule is O=S(=O)(O)c1ccc(OCC#Cc2ccc(Cl)cc2)cc1.[NaH]. The second-order valence-electron chi connectivity index (χ2n) is 4.04. The van der Waals surface area contributed by atoms with Crippen LogP contribution in [0.4, 0.5) is 0 Å². The molecular weight excluding hydrogens is 335 g/mol. The van der Waals surface area contributed by atoms with E-state index in [2.05, 4.69) is 11.8 Å². The summed E-state index contributed by atoms with van der Waals surface area (Å²) in [6, 6.07) is 12.5. The number of ether oxygens (including phenoxy) is 1. The van der Waals surface area contributed by atoms with Crippen LogP contribution < -0.4 is 4.74 Å².